The number of anilines is 1. The molecular formula is C16H19N3O3. The summed E-state index contributed by atoms with van der Waals surface area (Å²) in [6, 6.07) is 7.53. The first kappa shape index (κ1) is 15.8. The molecule has 0 aliphatic rings. The summed E-state index contributed by atoms with van der Waals surface area (Å²) in [4.78, 5) is 23.3. The fraction of sp³-hybridized carbons (Fsp3) is 0.312. The van der Waals surface area contributed by atoms with Gasteiger partial charge in [-0.15, -0.1) is 0 Å². The van der Waals surface area contributed by atoms with Gasteiger partial charge in [0.25, 0.3) is 5.91 Å². The van der Waals surface area contributed by atoms with Gasteiger partial charge in [-0.05, 0) is 30.0 Å². The maximum absolute atomic E-state index is 12.2. The number of benzene rings is 1. The van der Waals surface area contributed by atoms with E-state index in [1.165, 1.54) is 16.4 Å². The zero-order valence-electron chi connectivity index (χ0n) is 12.8. The van der Waals surface area contributed by atoms with Crippen LogP contribution in [0.15, 0.2) is 30.5 Å². The summed E-state index contributed by atoms with van der Waals surface area (Å²) in [7, 11) is 1.57. The number of carbonyl (C=O) groups excluding carboxylic acids is 1. The van der Waals surface area contributed by atoms with E-state index in [0.717, 1.165) is 6.42 Å². The Kier molecular flexibility index (Phi) is 4.60. The summed E-state index contributed by atoms with van der Waals surface area (Å²) in [5.74, 6) is -1.25. The van der Waals surface area contributed by atoms with Crippen molar-refractivity contribution in [1.29, 1.82) is 0 Å². The molecule has 0 radical (unpaired) electrons. The minimum absolute atomic E-state index is 0.0963. The third-order valence-electron chi connectivity index (χ3n) is 3.62. The number of aryl methyl sites for hydroxylation is 1. The Hall–Kier alpha value is -2.63. The Morgan fingerprint density at radius 2 is 1.95 bits per heavy atom. The highest BCUT2D eigenvalue weighted by atomic mass is 16.4. The van der Waals surface area contributed by atoms with Gasteiger partial charge in [0, 0.05) is 18.9 Å². The van der Waals surface area contributed by atoms with E-state index < -0.39 is 11.9 Å². The van der Waals surface area contributed by atoms with Gasteiger partial charge >= 0.3 is 5.97 Å². The first-order valence-corrected chi connectivity index (χ1v) is 7.10. The normalized spacial score (nSPS) is 12.0. The number of carboxylic acids is 1. The number of amides is 1. The van der Waals surface area contributed by atoms with Gasteiger partial charge in [-0.2, -0.15) is 5.10 Å². The summed E-state index contributed by atoms with van der Waals surface area (Å²) >= 11 is 0. The number of hydrogen-bond donors (Lipinski definition) is 2. The molecule has 1 atom stereocenters. The number of carboxylic acid groups (broad SMARTS) is 1. The predicted octanol–water partition coefficient (Wildman–Crippen LogP) is 2.88. The Morgan fingerprint density at radius 3 is 2.50 bits per heavy atom. The highest BCUT2D eigenvalue weighted by molar-refractivity contribution is 6.09. The molecule has 0 bridgehead atoms. The summed E-state index contributed by atoms with van der Waals surface area (Å²) in [5.41, 5.74) is 1.60. The Morgan fingerprint density at radius 1 is 1.32 bits per heavy atom. The molecule has 0 saturated carbocycles. The molecule has 2 rings (SSSR count). The fourth-order valence-electron chi connectivity index (χ4n) is 2.13. The van der Waals surface area contributed by atoms with E-state index in [1.807, 2.05) is 24.3 Å². The monoisotopic (exact) mass is 301 g/mol. The van der Waals surface area contributed by atoms with Gasteiger partial charge in [0.15, 0.2) is 5.69 Å². The van der Waals surface area contributed by atoms with Crippen molar-refractivity contribution < 1.29 is 14.7 Å². The van der Waals surface area contributed by atoms with Gasteiger partial charge in [0.05, 0.1) is 0 Å². The molecule has 0 aliphatic carbocycles. The number of nitrogens with one attached hydrogen (secondary N) is 1. The van der Waals surface area contributed by atoms with Gasteiger partial charge in [0.1, 0.15) is 5.56 Å². The van der Waals surface area contributed by atoms with Crippen molar-refractivity contribution in [2.75, 3.05) is 5.32 Å². The van der Waals surface area contributed by atoms with Crippen LogP contribution < -0.4 is 5.32 Å². The standard InChI is InChI=1S/C16H19N3O3/c1-4-10(2)11-5-7-12(8-6-11)17-15(20)14-13(16(21)22)9-19(3)18-14/h5-10H,4H2,1-3H3,(H,17,20)(H,21,22)/t10-/m0/s1. The van der Waals surface area contributed by atoms with Crippen LogP contribution in [-0.2, 0) is 7.05 Å². The van der Waals surface area contributed by atoms with Crippen LogP contribution in [0.4, 0.5) is 5.69 Å². The van der Waals surface area contributed by atoms with Crippen LogP contribution in [0, 0.1) is 0 Å². The average Bonchev–Trinajstić information content (AvgIpc) is 2.89. The fourth-order valence-corrected chi connectivity index (χ4v) is 2.13. The van der Waals surface area contributed by atoms with Crippen molar-refractivity contribution in [1.82, 2.24) is 9.78 Å². The number of hydrogen-bond acceptors (Lipinski definition) is 3. The lowest BCUT2D eigenvalue weighted by Gasteiger charge is -2.10. The van der Waals surface area contributed by atoms with Gasteiger partial charge in [-0.25, -0.2) is 4.79 Å². The summed E-state index contributed by atoms with van der Waals surface area (Å²) in [6.45, 7) is 4.26. The molecule has 2 N–H and O–H groups in total. The molecule has 116 valence electrons. The second kappa shape index (κ2) is 6.43. The molecule has 1 amide bonds. The molecule has 1 aromatic carbocycles. The minimum Gasteiger partial charge on any atom is -0.478 e. The van der Waals surface area contributed by atoms with Crippen molar-refractivity contribution in [3.63, 3.8) is 0 Å². The summed E-state index contributed by atoms with van der Waals surface area (Å²) in [5, 5.41) is 15.7. The van der Waals surface area contributed by atoms with Gasteiger partial charge in [-0.1, -0.05) is 26.0 Å². The summed E-state index contributed by atoms with van der Waals surface area (Å²) in [6.07, 6.45) is 2.35. The average molecular weight is 301 g/mol. The lowest BCUT2D eigenvalue weighted by Crippen LogP contribution is -2.16. The third kappa shape index (κ3) is 3.33. The van der Waals surface area contributed by atoms with Crippen LogP contribution in [0.2, 0.25) is 0 Å². The molecule has 0 unspecified atom stereocenters. The molecule has 0 saturated heterocycles. The Labute approximate surface area is 128 Å². The van der Waals surface area contributed by atoms with Gasteiger partial charge in [0.2, 0.25) is 0 Å². The van der Waals surface area contributed by atoms with Crippen LogP contribution in [0.3, 0.4) is 0 Å². The van der Waals surface area contributed by atoms with E-state index in [1.54, 1.807) is 7.05 Å². The van der Waals surface area contributed by atoms with Crippen LogP contribution in [0.5, 0.6) is 0 Å². The molecule has 22 heavy (non-hydrogen) atoms. The van der Waals surface area contributed by atoms with Crippen molar-refractivity contribution in [3.05, 3.63) is 47.3 Å². The first-order valence-electron chi connectivity index (χ1n) is 7.10. The number of carbonyl (C=O) groups is 2. The highest BCUT2D eigenvalue weighted by Gasteiger charge is 2.21. The Bertz CT molecular complexity index is 689. The SMILES string of the molecule is CC[C@H](C)c1ccc(NC(=O)c2nn(C)cc2C(=O)O)cc1. The van der Waals surface area contributed by atoms with Crippen molar-refractivity contribution in [2.45, 2.75) is 26.2 Å². The van der Waals surface area contributed by atoms with E-state index in [-0.39, 0.29) is 11.3 Å². The Balaban J connectivity index is 2.17. The van der Waals surface area contributed by atoms with Crippen LogP contribution in [0.25, 0.3) is 0 Å². The highest BCUT2D eigenvalue weighted by Crippen LogP contribution is 2.21. The van der Waals surface area contributed by atoms with Crippen LogP contribution in [-0.4, -0.2) is 26.8 Å². The molecule has 6 nitrogen and oxygen atoms in total. The van der Waals surface area contributed by atoms with Crippen molar-refractivity contribution in [3.8, 4) is 0 Å². The first-order chi connectivity index (χ1) is 10.4. The zero-order valence-corrected chi connectivity index (χ0v) is 12.8. The van der Waals surface area contributed by atoms with E-state index >= 15 is 0 Å². The largest absolute Gasteiger partial charge is 0.478 e. The molecule has 0 spiro atoms. The van der Waals surface area contributed by atoms with E-state index in [0.29, 0.717) is 11.6 Å². The van der Waals surface area contributed by atoms with E-state index in [2.05, 4.69) is 24.3 Å². The molecule has 0 fully saturated rings. The molecule has 1 aromatic heterocycles. The van der Waals surface area contributed by atoms with Gasteiger partial charge < -0.3 is 10.4 Å². The maximum Gasteiger partial charge on any atom is 0.339 e. The maximum atomic E-state index is 12.2. The minimum atomic E-state index is -1.18. The molecular weight excluding hydrogens is 282 g/mol. The zero-order chi connectivity index (χ0) is 16.3. The number of aromatic carboxylic acids is 1. The van der Waals surface area contributed by atoms with Crippen LogP contribution >= 0.6 is 0 Å². The number of nitrogens with zero attached hydrogens (tertiary/aromatic N) is 2. The van der Waals surface area contributed by atoms with E-state index in [9.17, 15) is 9.59 Å². The van der Waals surface area contributed by atoms with Crippen molar-refractivity contribution >= 4 is 17.6 Å². The smallest absolute Gasteiger partial charge is 0.339 e. The lowest BCUT2D eigenvalue weighted by atomic mass is 9.99. The second-order valence-corrected chi connectivity index (χ2v) is 5.26. The van der Waals surface area contributed by atoms with Crippen LogP contribution in [0.1, 0.15) is 52.6 Å². The predicted molar refractivity (Wildman–Crippen MR) is 83.3 cm³/mol. The molecule has 2 aromatic rings. The van der Waals surface area contributed by atoms with E-state index in [4.69, 9.17) is 5.11 Å². The topological polar surface area (TPSA) is 84.2 Å². The lowest BCUT2D eigenvalue weighted by molar-refractivity contribution is 0.0692. The third-order valence-corrected chi connectivity index (χ3v) is 3.62. The number of rotatable bonds is 5. The number of aromatic nitrogens is 2. The molecule has 6 heteroatoms. The molecule has 1 heterocycles. The molecule has 0 aliphatic heterocycles. The second-order valence-electron chi connectivity index (χ2n) is 5.26. The van der Waals surface area contributed by atoms with Crippen molar-refractivity contribution in [2.24, 2.45) is 7.05 Å². The van der Waals surface area contributed by atoms with Gasteiger partial charge in [-0.3, -0.25) is 9.48 Å². The summed E-state index contributed by atoms with van der Waals surface area (Å²) < 4.78 is 1.31. The quantitative estimate of drug-likeness (QED) is 0.889.